The van der Waals surface area contributed by atoms with Crippen molar-refractivity contribution in [1.82, 2.24) is 9.80 Å². The fourth-order valence-electron chi connectivity index (χ4n) is 5.72. The number of phenols is 1. The molecule has 136 valence electrons. The van der Waals surface area contributed by atoms with Gasteiger partial charge in [0.25, 0.3) is 0 Å². The van der Waals surface area contributed by atoms with Gasteiger partial charge in [0.05, 0.1) is 0 Å². The van der Waals surface area contributed by atoms with Crippen LogP contribution in [0.1, 0.15) is 24.3 Å². The molecule has 0 saturated carbocycles. The Morgan fingerprint density at radius 1 is 1.00 bits per heavy atom. The van der Waals surface area contributed by atoms with Crippen molar-refractivity contribution >= 4 is 23.5 Å². The Morgan fingerprint density at radius 3 is 2.48 bits per heavy atom. The zero-order valence-corrected chi connectivity index (χ0v) is 16.4. The Kier molecular flexibility index (Phi) is 4.69. The molecule has 5 aliphatic heterocycles. The predicted octanol–water partition coefficient (Wildman–Crippen LogP) is 3.10. The fraction of sp³-hybridized carbons (Fsp3) is 0.700. The predicted molar refractivity (Wildman–Crippen MR) is 108 cm³/mol. The first-order valence-electron chi connectivity index (χ1n) is 9.75. The van der Waals surface area contributed by atoms with Crippen LogP contribution in [0.5, 0.6) is 5.75 Å². The van der Waals surface area contributed by atoms with Gasteiger partial charge in [-0.1, -0.05) is 12.1 Å². The normalized spacial score (nSPS) is 39.3. The molecule has 0 spiro atoms. The quantitative estimate of drug-likeness (QED) is 0.856. The number of fused-ring (bicyclic) bond motifs is 2. The maximum Gasteiger partial charge on any atom is 0.115 e. The average Bonchev–Trinajstić information content (AvgIpc) is 2.87. The van der Waals surface area contributed by atoms with Gasteiger partial charge in [0.2, 0.25) is 0 Å². The number of benzene rings is 1. The van der Waals surface area contributed by atoms with Gasteiger partial charge < -0.3 is 5.11 Å². The molecule has 5 aliphatic rings. The maximum absolute atomic E-state index is 10.0. The number of piperidine rings is 3. The van der Waals surface area contributed by atoms with Crippen LogP contribution in [-0.2, 0) is 0 Å². The van der Waals surface area contributed by atoms with Crippen molar-refractivity contribution in [3.63, 3.8) is 0 Å². The van der Waals surface area contributed by atoms with Crippen LogP contribution in [0.25, 0.3) is 0 Å². The summed E-state index contributed by atoms with van der Waals surface area (Å²) in [6.07, 6.45) is 2.77. The molecule has 1 aromatic carbocycles. The van der Waals surface area contributed by atoms with Crippen LogP contribution in [0.4, 0.5) is 0 Å². The number of rotatable bonds is 2. The summed E-state index contributed by atoms with van der Waals surface area (Å²) in [4.78, 5) is 5.68. The summed E-state index contributed by atoms with van der Waals surface area (Å²) in [5.41, 5.74) is 1.35. The first-order valence-corrected chi connectivity index (χ1v) is 12.1. The summed E-state index contributed by atoms with van der Waals surface area (Å²) in [5.74, 6) is 7.09. The largest absolute Gasteiger partial charge is 0.508 e. The lowest BCUT2D eigenvalue weighted by molar-refractivity contribution is -0.0135. The minimum Gasteiger partial charge on any atom is -0.508 e. The van der Waals surface area contributed by atoms with Crippen LogP contribution in [0.15, 0.2) is 24.3 Å². The van der Waals surface area contributed by atoms with E-state index in [0.29, 0.717) is 17.7 Å². The highest BCUT2D eigenvalue weighted by Crippen LogP contribution is 2.48. The zero-order chi connectivity index (χ0) is 16.8. The number of likely N-dealkylation sites (tertiary alicyclic amines) is 1. The number of nitrogens with zero attached hydrogens (tertiary/aromatic N) is 2. The summed E-state index contributed by atoms with van der Waals surface area (Å²) >= 11 is 4.31. The van der Waals surface area contributed by atoms with Gasteiger partial charge in [-0.3, -0.25) is 9.80 Å². The molecule has 25 heavy (non-hydrogen) atoms. The van der Waals surface area contributed by atoms with Gasteiger partial charge in [-0.2, -0.15) is 23.5 Å². The molecule has 0 amide bonds. The number of hydrogen-bond donors (Lipinski definition) is 1. The Labute approximate surface area is 159 Å². The topological polar surface area (TPSA) is 26.7 Å². The highest BCUT2D eigenvalue weighted by atomic mass is 32.2. The monoisotopic (exact) mass is 376 g/mol. The van der Waals surface area contributed by atoms with Gasteiger partial charge in [0.1, 0.15) is 5.75 Å². The summed E-state index contributed by atoms with van der Waals surface area (Å²) in [5, 5.41) is 10.0. The van der Waals surface area contributed by atoms with Gasteiger partial charge in [-0.05, 0) is 49.5 Å². The number of hydrogen-bond acceptors (Lipinski definition) is 5. The van der Waals surface area contributed by atoms with E-state index >= 15 is 0 Å². The molecule has 5 fully saturated rings. The van der Waals surface area contributed by atoms with Crippen molar-refractivity contribution < 1.29 is 5.11 Å². The highest BCUT2D eigenvalue weighted by molar-refractivity contribution is 8.03. The van der Waals surface area contributed by atoms with Crippen molar-refractivity contribution in [2.75, 3.05) is 42.6 Å². The van der Waals surface area contributed by atoms with Crippen molar-refractivity contribution in [2.45, 2.75) is 36.9 Å². The van der Waals surface area contributed by atoms with E-state index in [1.165, 1.54) is 61.1 Å². The Morgan fingerprint density at radius 2 is 1.76 bits per heavy atom. The second-order valence-corrected chi connectivity index (χ2v) is 10.4. The van der Waals surface area contributed by atoms with Crippen LogP contribution in [-0.4, -0.2) is 75.7 Å². The summed E-state index contributed by atoms with van der Waals surface area (Å²) in [7, 11) is 0. The second kappa shape index (κ2) is 6.99. The van der Waals surface area contributed by atoms with Crippen molar-refractivity contribution in [1.29, 1.82) is 0 Å². The summed E-state index contributed by atoms with van der Waals surface area (Å²) < 4.78 is 0. The second-order valence-electron chi connectivity index (χ2n) is 8.06. The number of thioether (sulfide) groups is 2. The first-order chi connectivity index (χ1) is 12.3. The van der Waals surface area contributed by atoms with Crippen LogP contribution >= 0.6 is 23.5 Å². The molecule has 0 aromatic heterocycles. The SMILES string of the molecule is Oc1cccc([C@@H]2CN(C3CSCCSC3)[C@@H]3C4CCN(CC4)[C@@H]32)c1. The number of phenolic OH excluding ortho intramolecular Hbond substituents is 1. The Balaban J connectivity index is 1.48. The lowest BCUT2D eigenvalue weighted by Crippen LogP contribution is -2.61. The van der Waals surface area contributed by atoms with E-state index in [4.69, 9.17) is 0 Å². The molecule has 3 atom stereocenters. The molecule has 5 heteroatoms. The molecular weight excluding hydrogens is 348 g/mol. The molecule has 6 rings (SSSR count). The van der Waals surface area contributed by atoms with Gasteiger partial charge in [-0.15, -0.1) is 0 Å². The van der Waals surface area contributed by atoms with E-state index in [-0.39, 0.29) is 0 Å². The van der Waals surface area contributed by atoms with E-state index in [1.807, 2.05) is 12.1 Å². The molecule has 5 saturated heterocycles. The molecule has 1 N–H and O–H groups in total. The fourth-order valence-corrected chi connectivity index (χ4v) is 8.31. The average molecular weight is 377 g/mol. The first kappa shape index (κ1) is 16.8. The minimum atomic E-state index is 0.420. The van der Waals surface area contributed by atoms with Crippen molar-refractivity contribution in [3.05, 3.63) is 29.8 Å². The molecule has 0 unspecified atom stereocenters. The maximum atomic E-state index is 10.0. The van der Waals surface area contributed by atoms with Gasteiger partial charge in [0.15, 0.2) is 0 Å². The minimum absolute atomic E-state index is 0.420. The molecule has 1 aromatic rings. The smallest absolute Gasteiger partial charge is 0.115 e. The molecule has 0 aliphatic carbocycles. The molecule has 0 radical (unpaired) electrons. The molecule has 2 bridgehead atoms. The van der Waals surface area contributed by atoms with E-state index in [1.54, 1.807) is 6.07 Å². The number of aromatic hydroxyl groups is 1. The van der Waals surface area contributed by atoms with Crippen LogP contribution in [0.2, 0.25) is 0 Å². The molecular formula is C20H28N2OS2. The Bertz CT molecular complexity index is 611. The summed E-state index contributed by atoms with van der Waals surface area (Å²) in [6, 6.07) is 10.2. The third-order valence-electron chi connectivity index (χ3n) is 6.79. The molecule has 3 nitrogen and oxygen atoms in total. The highest BCUT2D eigenvalue weighted by Gasteiger charge is 2.54. The third kappa shape index (κ3) is 3.01. The van der Waals surface area contributed by atoms with Crippen molar-refractivity contribution in [2.24, 2.45) is 5.92 Å². The van der Waals surface area contributed by atoms with Gasteiger partial charge in [-0.25, -0.2) is 0 Å². The van der Waals surface area contributed by atoms with Crippen LogP contribution in [0, 0.1) is 5.92 Å². The third-order valence-corrected chi connectivity index (χ3v) is 9.28. The van der Waals surface area contributed by atoms with E-state index in [0.717, 1.165) is 18.0 Å². The van der Waals surface area contributed by atoms with E-state index < -0.39 is 0 Å². The van der Waals surface area contributed by atoms with Gasteiger partial charge >= 0.3 is 0 Å². The van der Waals surface area contributed by atoms with Gasteiger partial charge in [0, 0.05) is 53.6 Å². The zero-order valence-electron chi connectivity index (χ0n) is 14.7. The standard InChI is InChI=1S/C20H28N2OS2/c23-17-3-1-2-15(10-17)18-11-22(16-12-24-8-9-25-13-16)19-14-4-6-21(7-5-14)20(18)19/h1-3,10,14,16,18-20,23H,4-9,11-13H2/t18-,19+,20+/m0/s1. The van der Waals surface area contributed by atoms with E-state index in [9.17, 15) is 5.11 Å². The van der Waals surface area contributed by atoms with Crippen LogP contribution < -0.4 is 0 Å². The summed E-state index contributed by atoms with van der Waals surface area (Å²) in [6.45, 7) is 3.74. The van der Waals surface area contributed by atoms with E-state index in [2.05, 4.69) is 39.4 Å². The molecule has 5 heterocycles. The van der Waals surface area contributed by atoms with Crippen LogP contribution in [0.3, 0.4) is 0 Å². The lowest BCUT2D eigenvalue weighted by atomic mass is 9.75. The van der Waals surface area contributed by atoms with Crippen molar-refractivity contribution in [3.8, 4) is 5.75 Å². The lowest BCUT2D eigenvalue weighted by Gasteiger charge is -2.52. The Hall–Kier alpha value is -0.360.